The van der Waals surface area contributed by atoms with E-state index < -0.39 is 5.97 Å². The van der Waals surface area contributed by atoms with Crippen LogP contribution in [0, 0.1) is 20.8 Å². The predicted octanol–water partition coefficient (Wildman–Crippen LogP) is 5.35. The molecule has 0 fully saturated rings. The molecule has 1 heterocycles. The summed E-state index contributed by atoms with van der Waals surface area (Å²) in [5.74, 6) is -1.30. The van der Waals surface area contributed by atoms with E-state index in [1.54, 1.807) is 26.0 Å². The maximum atomic E-state index is 12.9. The molecule has 0 saturated heterocycles. The van der Waals surface area contributed by atoms with Gasteiger partial charge in [-0.15, -0.1) is 11.3 Å². The summed E-state index contributed by atoms with van der Waals surface area (Å²) < 4.78 is 5.16. The summed E-state index contributed by atoms with van der Waals surface area (Å²) in [5.41, 5.74) is 3.87. The number of carbonyl (C=O) groups excluding carboxylic acids is 3. The molecule has 2 N–H and O–H groups in total. The third-order valence-electron chi connectivity index (χ3n) is 4.68. The standard InChI is InChI=1S/C24H24N2O4S/c1-5-30-24(29)19-16(4)20(22(28)25-18-12-8-15(3)9-13-18)31-23(19)26-21(27)17-10-6-14(2)7-11-17/h6-13H,5H2,1-4H3,(H,25,28)(H,26,27). The van der Waals surface area contributed by atoms with Gasteiger partial charge in [0.1, 0.15) is 5.00 Å². The molecule has 0 radical (unpaired) electrons. The van der Waals surface area contributed by atoms with Crippen LogP contribution in [-0.4, -0.2) is 24.4 Å². The number of ether oxygens (including phenoxy) is 1. The van der Waals surface area contributed by atoms with Gasteiger partial charge in [-0.3, -0.25) is 9.59 Å². The molecule has 0 atom stereocenters. The summed E-state index contributed by atoms with van der Waals surface area (Å²) in [6.45, 7) is 7.46. The van der Waals surface area contributed by atoms with Crippen LogP contribution in [0.1, 0.15) is 54.0 Å². The highest BCUT2D eigenvalue weighted by Crippen LogP contribution is 2.34. The molecule has 1 aromatic heterocycles. The van der Waals surface area contributed by atoms with Gasteiger partial charge in [0.05, 0.1) is 17.0 Å². The lowest BCUT2D eigenvalue weighted by Crippen LogP contribution is -2.15. The highest BCUT2D eigenvalue weighted by atomic mass is 32.1. The normalized spacial score (nSPS) is 10.5. The lowest BCUT2D eigenvalue weighted by Gasteiger charge is -2.07. The molecule has 3 aromatic rings. The Morgan fingerprint density at radius 1 is 0.839 bits per heavy atom. The number of benzene rings is 2. The quantitative estimate of drug-likeness (QED) is 0.510. The smallest absolute Gasteiger partial charge is 0.341 e. The first-order chi connectivity index (χ1) is 14.8. The van der Waals surface area contributed by atoms with Gasteiger partial charge in [-0.2, -0.15) is 0 Å². The number of nitrogens with one attached hydrogen (secondary N) is 2. The van der Waals surface area contributed by atoms with Crippen LogP contribution in [0.4, 0.5) is 10.7 Å². The zero-order chi connectivity index (χ0) is 22.5. The van der Waals surface area contributed by atoms with Gasteiger partial charge in [-0.25, -0.2) is 4.79 Å². The first-order valence-electron chi connectivity index (χ1n) is 9.86. The third kappa shape index (κ3) is 5.19. The van der Waals surface area contributed by atoms with Gasteiger partial charge in [-0.1, -0.05) is 35.4 Å². The van der Waals surface area contributed by atoms with Crippen LogP contribution in [-0.2, 0) is 4.74 Å². The number of hydrogen-bond donors (Lipinski definition) is 2. The maximum Gasteiger partial charge on any atom is 0.341 e. The van der Waals surface area contributed by atoms with E-state index in [-0.39, 0.29) is 29.0 Å². The second-order valence-electron chi connectivity index (χ2n) is 7.12. The molecule has 0 bridgehead atoms. The Morgan fingerprint density at radius 2 is 1.42 bits per heavy atom. The third-order valence-corrected chi connectivity index (χ3v) is 5.89. The molecule has 0 saturated carbocycles. The van der Waals surface area contributed by atoms with Crippen molar-refractivity contribution in [3.05, 3.63) is 81.2 Å². The topological polar surface area (TPSA) is 84.5 Å². The zero-order valence-electron chi connectivity index (χ0n) is 17.9. The Labute approximate surface area is 185 Å². The fraction of sp³-hybridized carbons (Fsp3) is 0.208. The van der Waals surface area contributed by atoms with E-state index in [2.05, 4.69) is 10.6 Å². The van der Waals surface area contributed by atoms with Crippen molar-refractivity contribution in [2.45, 2.75) is 27.7 Å². The SMILES string of the molecule is CCOC(=O)c1c(NC(=O)c2ccc(C)cc2)sc(C(=O)Nc2ccc(C)cc2)c1C. The number of rotatable bonds is 6. The molecule has 0 aliphatic carbocycles. The Balaban J connectivity index is 1.92. The molecule has 6 nitrogen and oxygen atoms in total. The molecule has 3 rings (SSSR count). The lowest BCUT2D eigenvalue weighted by molar-refractivity contribution is 0.0527. The van der Waals surface area contributed by atoms with Crippen LogP contribution in [0.2, 0.25) is 0 Å². The van der Waals surface area contributed by atoms with Crippen LogP contribution in [0.5, 0.6) is 0 Å². The van der Waals surface area contributed by atoms with E-state index in [0.717, 1.165) is 22.5 Å². The molecule has 0 unspecified atom stereocenters. The van der Waals surface area contributed by atoms with Crippen LogP contribution < -0.4 is 10.6 Å². The molecular formula is C24H24N2O4S. The predicted molar refractivity (Wildman–Crippen MR) is 123 cm³/mol. The van der Waals surface area contributed by atoms with Crippen LogP contribution in [0.3, 0.4) is 0 Å². The lowest BCUT2D eigenvalue weighted by atomic mass is 10.1. The fourth-order valence-electron chi connectivity index (χ4n) is 2.97. The van der Waals surface area contributed by atoms with Crippen molar-refractivity contribution in [2.24, 2.45) is 0 Å². The van der Waals surface area contributed by atoms with Crippen LogP contribution in [0.15, 0.2) is 48.5 Å². The van der Waals surface area contributed by atoms with Gasteiger partial charge >= 0.3 is 5.97 Å². The number of aryl methyl sites for hydroxylation is 2. The van der Waals surface area contributed by atoms with E-state index >= 15 is 0 Å². The second kappa shape index (κ2) is 9.57. The Bertz CT molecular complexity index is 1120. The summed E-state index contributed by atoms with van der Waals surface area (Å²) in [5, 5.41) is 5.89. The summed E-state index contributed by atoms with van der Waals surface area (Å²) in [6.07, 6.45) is 0. The maximum absolute atomic E-state index is 12.9. The first-order valence-corrected chi connectivity index (χ1v) is 10.7. The average Bonchev–Trinajstić information content (AvgIpc) is 3.06. The number of thiophene rings is 1. The highest BCUT2D eigenvalue weighted by molar-refractivity contribution is 7.19. The minimum Gasteiger partial charge on any atom is -0.462 e. The summed E-state index contributed by atoms with van der Waals surface area (Å²) in [7, 11) is 0. The fourth-order valence-corrected chi connectivity index (χ4v) is 4.06. The van der Waals surface area contributed by atoms with Crippen molar-refractivity contribution in [3.8, 4) is 0 Å². The van der Waals surface area contributed by atoms with Crippen LogP contribution in [0.25, 0.3) is 0 Å². The van der Waals surface area contributed by atoms with Crippen molar-refractivity contribution < 1.29 is 19.1 Å². The minimum atomic E-state index is -0.579. The van der Waals surface area contributed by atoms with Crippen molar-refractivity contribution in [2.75, 3.05) is 17.2 Å². The highest BCUT2D eigenvalue weighted by Gasteiger charge is 2.27. The van der Waals surface area contributed by atoms with Crippen molar-refractivity contribution >= 4 is 39.8 Å². The van der Waals surface area contributed by atoms with Crippen LogP contribution >= 0.6 is 11.3 Å². The molecule has 0 spiro atoms. The van der Waals surface area contributed by atoms with Crippen molar-refractivity contribution in [1.29, 1.82) is 0 Å². The zero-order valence-corrected chi connectivity index (χ0v) is 18.7. The molecule has 0 aliphatic rings. The van der Waals surface area contributed by atoms with Crippen molar-refractivity contribution in [3.63, 3.8) is 0 Å². The Kier molecular flexibility index (Phi) is 6.87. The van der Waals surface area contributed by atoms with E-state index in [1.165, 1.54) is 0 Å². The van der Waals surface area contributed by atoms with Gasteiger partial charge in [0, 0.05) is 11.3 Å². The van der Waals surface area contributed by atoms with E-state index in [9.17, 15) is 14.4 Å². The van der Waals surface area contributed by atoms with Crippen molar-refractivity contribution in [1.82, 2.24) is 0 Å². The molecule has 0 aliphatic heterocycles. The summed E-state index contributed by atoms with van der Waals surface area (Å²) in [6, 6.07) is 14.5. The number of esters is 1. The average molecular weight is 437 g/mol. The molecule has 160 valence electrons. The van der Waals surface area contributed by atoms with Gasteiger partial charge in [-0.05, 0) is 57.5 Å². The molecule has 2 aromatic carbocycles. The number of anilines is 2. The molecular weight excluding hydrogens is 412 g/mol. The largest absolute Gasteiger partial charge is 0.462 e. The Morgan fingerprint density at radius 3 is 2.00 bits per heavy atom. The number of amides is 2. The summed E-state index contributed by atoms with van der Waals surface area (Å²) >= 11 is 1.05. The first kappa shape index (κ1) is 22.2. The Hall–Kier alpha value is -3.45. The molecule has 31 heavy (non-hydrogen) atoms. The molecule has 2 amide bonds. The van der Waals surface area contributed by atoms with E-state index in [4.69, 9.17) is 4.74 Å². The number of carbonyl (C=O) groups is 3. The number of hydrogen-bond acceptors (Lipinski definition) is 5. The van der Waals surface area contributed by atoms with E-state index in [1.807, 2.05) is 50.2 Å². The monoisotopic (exact) mass is 436 g/mol. The summed E-state index contributed by atoms with van der Waals surface area (Å²) in [4.78, 5) is 38.5. The van der Waals surface area contributed by atoms with Gasteiger partial charge in [0.25, 0.3) is 11.8 Å². The second-order valence-corrected chi connectivity index (χ2v) is 8.14. The minimum absolute atomic E-state index is 0.185. The van der Waals surface area contributed by atoms with E-state index in [0.29, 0.717) is 21.7 Å². The van der Waals surface area contributed by atoms with Gasteiger partial charge < -0.3 is 15.4 Å². The molecule has 7 heteroatoms. The van der Waals surface area contributed by atoms with Gasteiger partial charge in [0.2, 0.25) is 0 Å². The van der Waals surface area contributed by atoms with Gasteiger partial charge in [0.15, 0.2) is 0 Å².